The lowest BCUT2D eigenvalue weighted by molar-refractivity contribution is 0.0696. The van der Waals surface area contributed by atoms with Crippen LogP contribution in [0, 0.1) is 6.92 Å². The van der Waals surface area contributed by atoms with E-state index in [0.717, 1.165) is 55.1 Å². The Hall–Kier alpha value is -1.94. The van der Waals surface area contributed by atoms with E-state index >= 15 is 0 Å². The molecule has 0 spiro atoms. The summed E-state index contributed by atoms with van der Waals surface area (Å²) in [7, 11) is 0. The molecule has 0 atom stereocenters. The maximum Gasteiger partial charge on any atom is 0.335 e. The van der Waals surface area contributed by atoms with Gasteiger partial charge in [-0.15, -0.1) is 11.8 Å². The summed E-state index contributed by atoms with van der Waals surface area (Å²) in [6.07, 6.45) is 4.57. The third-order valence-electron chi connectivity index (χ3n) is 4.45. The van der Waals surface area contributed by atoms with Crippen molar-refractivity contribution < 1.29 is 9.90 Å². The van der Waals surface area contributed by atoms with Gasteiger partial charge in [0.05, 0.1) is 5.56 Å². The number of hydrogen-bond acceptors (Lipinski definition) is 3. The predicted molar refractivity (Wildman–Crippen MR) is 123 cm³/mol. The number of aromatic carboxylic acids is 1. The molecule has 2 aromatic carbocycles. The Morgan fingerprint density at radius 2 is 1.43 bits per heavy atom. The van der Waals surface area contributed by atoms with Crippen LogP contribution in [0.2, 0.25) is 0 Å². The van der Waals surface area contributed by atoms with Crippen LogP contribution >= 0.6 is 11.8 Å². The molecular weight excluding hydrogens is 366 g/mol. The summed E-state index contributed by atoms with van der Waals surface area (Å²) in [6.45, 7) is 10.6. The van der Waals surface area contributed by atoms with Gasteiger partial charge in [0.1, 0.15) is 0 Å². The van der Waals surface area contributed by atoms with Crippen molar-refractivity contribution in [2.45, 2.75) is 58.3 Å². The van der Waals surface area contributed by atoms with E-state index in [1.165, 1.54) is 5.56 Å². The number of anilines is 1. The lowest BCUT2D eigenvalue weighted by Crippen LogP contribution is -2.27. The number of unbranched alkanes of at least 4 members (excludes halogenated alkanes) is 2. The molecule has 4 heteroatoms. The lowest BCUT2D eigenvalue weighted by Gasteiger charge is -2.28. The van der Waals surface area contributed by atoms with E-state index in [1.807, 2.05) is 48.5 Å². The number of thioether (sulfide) groups is 1. The van der Waals surface area contributed by atoms with Crippen molar-refractivity contribution >= 4 is 23.4 Å². The summed E-state index contributed by atoms with van der Waals surface area (Å²) >= 11 is 1.72. The summed E-state index contributed by atoms with van der Waals surface area (Å²) in [5.41, 5.74) is 2.70. The van der Waals surface area contributed by atoms with Crippen LogP contribution < -0.4 is 4.90 Å². The van der Waals surface area contributed by atoms with E-state index in [-0.39, 0.29) is 0 Å². The first-order chi connectivity index (χ1) is 13.5. The van der Waals surface area contributed by atoms with Gasteiger partial charge >= 0.3 is 5.97 Å². The van der Waals surface area contributed by atoms with Crippen LogP contribution in [0.15, 0.2) is 53.4 Å². The van der Waals surface area contributed by atoms with E-state index < -0.39 is 5.97 Å². The maximum absolute atomic E-state index is 11.4. The highest BCUT2D eigenvalue weighted by Crippen LogP contribution is 2.32. The number of benzene rings is 2. The fourth-order valence-corrected chi connectivity index (χ4v) is 3.71. The van der Waals surface area contributed by atoms with Crippen molar-refractivity contribution in [3.63, 3.8) is 0 Å². The Bertz CT molecular complexity index is 654. The molecule has 0 saturated carbocycles. The zero-order valence-electron chi connectivity index (χ0n) is 17.8. The Balaban J connectivity index is 0.000000552. The van der Waals surface area contributed by atoms with Crippen LogP contribution in [0.5, 0.6) is 0 Å². The lowest BCUT2D eigenvalue weighted by atomic mass is 10.1. The summed E-state index contributed by atoms with van der Waals surface area (Å²) in [4.78, 5) is 14.9. The average molecular weight is 402 g/mol. The Kier molecular flexibility index (Phi) is 12.1. The molecule has 154 valence electrons. The molecule has 0 saturated heterocycles. The molecular formula is C24H35NO2S. The molecule has 0 aliphatic carbocycles. The Morgan fingerprint density at radius 3 is 1.82 bits per heavy atom. The molecule has 0 heterocycles. The number of carbonyl (C=O) groups is 1. The van der Waals surface area contributed by atoms with E-state index in [4.69, 9.17) is 0 Å². The first-order valence-corrected chi connectivity index (χ1v) is 11.3. The SMILES string of the molecule is CCCCN(CCCC)c1cc(C(=O)O)cc(SCC)c1C.c1ccccc1. The van der Waals surface area contributed by atoms with Crippen molar-refractivity contribution in [3.05, 3.63) is 59.7 Å². The zero-order chi connectivity index (χ0) is 20.8. The molecule has 0 radical (unpaired) electrons. The molecule has 2 aromatic rings. The van der Waals surface area contributed by atoms with Crippen LogP contribution in [0.25, 0.3) is 0 Å². The van der Waals surface area contributed by atoms with Gasteiger partial charge in [-0.2, -0.15) is 0 Å². The largest absolute Gasteiger partial charge is 0.478 e. The van der Waals surface area contributed by atoms with Crippen LogP contribution in [-0.4, -0.2) is 29.9 Å². The Labute approximate surface area is 175 Å². The van der Waals surface area contributed by atoms with Crippen molar-refractivity contribution in [1.29, 1.82) is 0 Å². The van der Waals surface area contributed by atoms with Gasteiger partial charge in [-0.1, -0.05) is 70.0 Å². The number of carboxylic acids is 1. The van der Waals surface area contributed by atoms with E-state index in [1.54, 1.807) is 11.8 Å². The quantitative estimate of drug-likeness (QED) is 0.440. The molecule has 0 aliphatic heterocycles. The van der Waals surface area contributed by atoms with Gasteiger partial charge in [-0.3, -0.25) is 0 Å². The molecule has 1 N–H and O–H groups in total. The van der Waals surface area contributed by atoms with E-state index in [9.17, 15) is 9.90 Å². The first kappa shape index (κ1) is 24.1. The molecule has 3 nitrogen and oxygen atoms in total. The first-order valence-electron chi connectivity index (χ1n) is 10.3. The normalized spacial score (nSPS) is 10.1. The summed E-state index contributed by atoms with van der Waals surface area (Å²) in [5.74, 6) is 0.109. The third kappa shape index (κ3) is 8.39. The topological polar surface area (TPSA) is 40.5 Å². The number of carboxylic acid groups (broad SMARTS) is 1. The van der Waals surface area contributed by atoms with Crippen molar-refractivity contribution in [2.75, 3.05) is 23.7 Å². The highest BCUT2D eigenvalue weighted by molar-refractivity contribution is 7.99. The van der Waals surface area contributed by atoms with Crippen LogP contribution in [0.1, 0.15) is 62.4 Å². The van der Waals surface area contributed by atoms with Gasteiger partial charge in [0.2, 0.25) is 0 Å². The monoisotopic (exact) mass is 401 g/mol. The number of hydrogen-bond donors (Lipinski definition) is 1. The minimum Gasteiger partial charge on any atom is -0.478 e. The zero-order valence-corrected chi connectivity index (χ0v) is 18.6. The summed E-state index contributed by atoms with van der Waals surface area (Å²) < 4.78 is 0. The molecule has 0 amide bonds. The number of nitrogens with zero attached hydrogens (tertiary/aromatic N) is 1. The predicted octanol–water partition coefficient (Wildman–Crippen LogP) is 6.90. The molecule has 0 aliphatic rings. The summed E-state index contributed by atoms with van der Waals surface area (Å²) in [5, 5.41) is 9.40. The highest BCUT2D eigenvalue weighted by Gasteiger charge is 2.16. The fraction of sp³-hybridized carbons (Fsp3) is 0.458. The van der Waals surface area contributed by atoms with E-state index in [0.29, 0.717) is 5.56 Å². The second kappa shape index (κ2) is 14.1. The van der Waals surface area contributed by atoms with Gasteiger partial charge in [-0.05, 0) is 43.2 Å². The molecule has 2 rings (SSSR count). The second-order valence-electron chi connectivity index (χ2n) is 6.71. The molecule has 0 aromatic heterocycles. The van der Waals surface area contributed by atoms with Crippen LogP contribution in [0.4, 0.5) is 5.69 Å². The van der Waals surface area contributed by atoms with Crippen molar-refractivity contribution in [2.24, 2.45) is 0 Å². The van der Waals surface area contributed by atoms with Crippen molar-refractivity contribution in [3.8, 4) is 0 Å². The highest BCUT2D eigenvalue weighted by atomic mass is 32.2. The smallest absolute Gasteiger partial charge is 0.335 e. The minimum absolute atomic E-state index is 0.398. The van der Waals surface area contributed by atoms with E-state index in [2.05, 4.69) is 32.6 Å². The average Bonchev–Trinajstić information content (AvgIpc) is 2.72. The Morgan fingerprint density at radius 1 is 0.929 bits per heavy atom. The number of rotatable bonds is 10. The van der Waals surface area contributed by atoms with Crippen LogP contribution in [0.3, 0.4) is 0 Å². The van der Waals surface area contributed by atoms with Gasteiger partial charge in [0, 0.05) is 23.7 Å². The minimum atomic E-state index is -0.842. The maximum atomic E-state index is 11.4. The fourth-order valence-electron chi connectivity index (χ4n) is 2.87. The third-order valence-corrected chi connectivity index (χ3v) is 5.47. The van der Waals surface area contributed by atoms with Crippen LogP contribution in [-0.2, 0) is 0 Å². The van der Waals surface area contributed by atoms with Gasteiger partial charge < -0.3 is 10.0 Å². The van der Waals surface area contributed by atoms with Gasteiger partial charge in [0.15, 0.2) is 0 Å². The molecule has 0 bridgehead atoms. The van der Waals surface area contributed by atoms with Gasteiger partial charge in [-0.25, -0.2) is 4.79 Å². The standard InChI is InChI=1S/C18H29NO2S.C6H6/c1-5-8-10-19(11-9-6-2)16-12-15(18(20)21)13-17(14(16)4)22-7-3;1-2-4-6-5-3-1/h12-13H,5-11H2,1-4H3,(H,20,21);1-6H. The van der Waals surface area contributed by atoms with Gasteiger partial charge in [0.25, 0.3) is 0 Å². The molecule has 0 fully saturated rings. The van der Waals surface area contributed by atoms with Crippen molar-refractivity contribution in [1.82, 2.24) is 0 Å². The summed E-state index contributed by atoms with van der Waals surface area (Å²) in [6, 6.07) is 15.7. The second-order valence-corrected chi connectivity index (χ2v) is 8.01. The molecule has 28 heavy (non-hydrogen) atoms. The molecule has 0 unspecified atom stereocenters.